The summed E-state index contributed by atoms with van der Waals surface area (Å²) in [5, 5.41) is 3.11. The van der Waals surface area contributed by atoms with Gasteiger partial charge in [-0.15, -0.1) is 0 Å². The van der Waals surface area contributed by atoms with Crippen molar-refractivity contribution in [1.29, 1.82) is 0 Å². The largest absolute Gasteiger partial charge is 0.488 e. The number of nitrogens with zero attached hydrogens (tertiary/aromatic N) is 3. The Kier molecular flexibility index (Phi) is 4.22. The Bertz CT molecular complexity index is 691. The molecule has 0 aromatic heterocycles. The molecule has 3 aliphatic rings. The number of amides is 1. The summed E-state index contributed by atoms with van der Waals surface area (Å²) in [6.45, 7) is 2.48. The average molecular weight is 343 g/mol. The number of benzene rings is 1. The Morgan fingerprint density at radius 3 is 3.21 bits per heavy atom. The second-order valence-electron chi connectivity index (χ2n) is 6.40. The first-order valence-electron chi connectivity index (χ1n) is 8.37. The normalized spacial score (nSPS) is 21.5. The number of aliphatic imine (C=N–C) groups is 1. The zero-order chi connectivity index (χ0) is 16.5. The second-order valence-corrected chi connectivity index (χ2v) is 7.24. The molecule has 1 unspecified atom stereocenters. The molecular weight excluding hydrogens is 322 g/mol. The maximum absolute atomic E-state index is 12.6. The lowest BCUT2D eigenvalue weighted by Gasteiger charge is -2.27. The van der Waals surface area contributed by atoms with Crippen molar-refractivity contribution in [3.8, 4) is 5.75 Å². The molecule has 5 nitrogen and oxygen atoms in total. The van der Waals surface area contributed by atoms with E-state index in [0.717, 1.165) is 42.5 Å². The number of fused-ring (bicyclic) bond motifs is 2. The van der Waals surface area contributed by atoms with Gasteiger partial charge in [0.25, 0.3) is 0 Å². The first kappa shape index (κ1) is 15.6. The molecular formula is C18H21N3O2S. The molecule has 3 aliphatic heterocycles. The van der Waals surface area contributed by atoms with E-state index >= 15 is 0 Å². The highest BCUT2D eigenvalue weighted by molar-refractivity contribution is 8.16. The Labute approximate surface area is 146 Å². The van der Waals surface area contributed by atoms with Gasteiger partial charge in [0, 0.05) is 32.3 Å². The van der Waals surface area contributed by atoms with Crippen molar-refractivity contribution in [2.24, 2.45) is 4.99 Å². The first-order chi connectivity index (χ1) is 11.7. The average Bonchev–Trinajstić information content (AvgIpc) is 3.18. The zero-order valence-corrected chi connectivity index (χ0v) is 14.6. The molecule has 6 heteroatoms. The third-order valence-electron chi connectivity index (χ3n) is 4.61. The minimum atomic E-state index is 0.0513. The van der Waals surface area contributed by atoms with Crippen molar-refractivity contribution in [3.63, 3.8) is 0 Å². The molecule has 126 valence electrons. The number of carbonyl (C=O) groups is 1. The summed E-state index contributed by atoms with van der Waals surface area (Å²) in [5.41, 5.74) is 2.30. The molecule has 0 saturated heterocycles. The van der Waals surface area contributed by atoms with Crippen LogP contribution in [-0.2, 0) is 11.2 Å². The topological polar surface area (TPSA) is 45.1 Å². The van der Waals surface area contributed by atoms with E-state index in [1.54, 1.807) is 16.7 Å². The van der Waals surface area contributed by atoms with Gasteiger partial charge in [-0.3, -0.25) is 9.79 Å². The molecule has 0 N–H and O–H groups in total. The number of carbonyl (C=O) groups excluding carboxylic acids is 1. The molecule has 0 spiro atoms. The van der Waals surface area contributed by atoms with Crippen molar-refractivity contribution in [1.82, 2.24) is 9.80 Å². The summed E-state index contributed by atoms with van der Waals surface area (Å²) in [6.07, 6.45) is 2.41. The third-order valence-corrected chi connectivity index (χ3v) is 5.56. The van der Waals surface area contributed by atoms with Crippen LogP contribution in [0.4, 0.5) is 0 Å². The molecule has 1 aromatic carbocycles. The molecule has 1 atom stereocenters. The van der Waals surface area contributed by atoms with Gasteiger partial charge in [-0.05, 0) is 23.5 Å². The lowest BCUT2D eigenvalue weighted by molar-refractivity contribution is -0.130. The molecule has 0 fully saturated rings. The molecule has 0 aliphatic carbocycles. The minimum absolute atomic E-state index is 0.0513. The number of likely N-dealkylation sites (N-methyl/N-ethyl adjacent to an activating group) is 1. The fourth-order valence-electron chi connectivity index (χ4n) is 3.33. The number of para-hydroxylation sites is 1. The van der Waals surface area contributed by atoms with Gasteiger partial charge < -0.3 is 14.5 Å². The number of hydrogen-bond donors (Lipinski definition) is 0. The van der Waals surface area contributed by atoms with Gasteiger partial charge in [0.05, 0.1) is 13.0 Å². The van der Waals surface area contributed by atoms with E-state index in [2.05, 4.69) is 21.4 Å². The van der Waals surface area contributed by atoms with E-state index in [1.165, 1.54) is 5.56 Å². The van der Waals surface area contributed by atoms with E-state index in [1.807, 2.05) is 25.2 Å². The Balaban J connectivity index is 1.33. The number of amidine groups is 1. The molecule has 0 bridgehead atoms. The van der Waals surface area contributed by atoms with Crippen molar-refractivity contribution < 1.29 is 9.53 Å². The number of rotatable bonds is 4. The zero-order valence-electron chi connectivity index (χ0n) is 13.8. The lowest BCUT2D eigenvalue weighted by Crippen LogP contribution is -2.38. The summed E-state index contributed by atoms with van der Waals surface area (Å²) >= 11 is 1.63. The van der Waals surface area contributed by atoms with Gasteiger partial charge in [-0.25, -0.2) is 0 Å². The molecule has 1 aromatic rings. The van der Waals surface area contributed by atoms with Crippen LogP contribution in [0.1, 0.15) is 18.4 Å². The first-order valence-corrected chi connectivity index (χ1v) is 9.25. The highest BCUT2D eigenvalue weighted by Gasteiger charge is 2.29. The van der Waals surface area contributed by atoms with Gasteiger partial charge in [-0.2, -0.15) is 0 Å². The summed E-state index contributed by atoms with van der Waals surface area (Å²) in [7, 11) is 1.86. The summed E-state index contributed by atoms with van der Waals surface area (Å²) < 4.78 is 5.94. The Hall–Kier alpha value is -1.95. The number of ether oxygens (including phenoxy) is 1. The van der Waals surface area contributed by atoms with Crippen LogP contribution in [0, 0.1) is 0 Å². The third kappa shape index (κ3) is 3.02. The maximum atomic E-state index is 12.6. The summed E-state index contributed by atoms with van der Waals surface area (Å²) in [6, 6.07) is 8.10. The standard InChI is InChI=1S/C18H21N3O2S/c1-20(11-15-9-13-5-2-3-6-16(13)23-15)17(22)10-14-12-24-18-19-7-4-8-21(14)18/h2-3,5-6,12,15H,4,7-11H2,1H3. The molecule has 0 saturated carbocycles. The van der Waals surface area contributed by atoms with Crippen molar-refractivity contribution in [2.75, 3.05) is 26.7 Å². The molecule has 24 heavy (non-hydrogen) atoms. The van der Waals surface area contributed by atoms with E-state index in [-0.39, 0.29) is 12.0 Å². The Morgan fingerprint density at radius 2 is 2.33 bits per heavy atom. The van der Waals surface area contributed by atoms with Gasteiger partial charge in [0.1, 0.15) is 11.9 Å². The summed E-state index contributed by atoms with van der Waals surface area (Å²) in [4.78, 5) is 21.1. The van der Waals surface area contributed by atoms with Crippen LogP contribution in [0.3, 0.4) is 0 Å². The smallest absolute Gasteiger partial charge is 0.228 e. The molecule has 0 radical (unpaired) electrons. The maximum Gasteiger partial charge on any atom is 0.228 e. The van der Waals surface area contributed by atoms with Crippen LogP contribution < -0.4 is 4.74 Å². The number of thioether (sulfide) groups is 1. The number of hydrogen-bond acceptors (Lipinski definition) is 5. The highest BCUT2D eigenvalue weighted by Crippen LogP contribution is 2.31. The lowest BCUT2D eigenvalue weighted by atomic mass is 10.1. The molecule has 4 rings (SSSR count). The fourth-order valence-corrected chi connectivity index (χ4v) is 4.28. The van der Waals surface area contributed by atoms with Crippen molar-refractivity contribution in [3.05, 3.63) is 40.9 Å². The van der Waals surface area contributed by atoms with Crippen LogP contribution in [0.15, 0.2) is 40.4 Å². The fraction of sp³-hybridized carbons (Fsp3) is 0.444. The van der Waals surface area contributed by atoms with Gasteiger partial charge in [0.15, 0.2) is 5.17 Å². The predicted octanol–water partition coefficient (Wildman–Crippen LogP) is 2.49. The van der Waals surface area contributed by atoms with E-state index in [9.17, 15) is 4.79 Å². The van der Waals surface area contributed by atoms with Crippen LogP contribution in [0.5, 0.6) is 5.75 Å². The second kappa shape index (κ2) is 6.51. The monoisotopic (exact) mass is 343 g/mol. The highest BCUT2D eigenvalue weighted by atomic mass is 32.2. The van der Waals surface area contributed by atoms with E-state index in [0.29, 0.717) is 13.0 Å². The van der Waals surface area contributed by atoms with Crippen LogP contribution in [0.25, 0.3) is 0 Å². The van der Waals surface area contributed by atoms with E-state index in [4.69, 9.17) is 4.74 Å². The summed E-state index contributed by atoms with van der Waals surface area (Å²) in [5.74, 6) is 1.08. The van der Waals surface area contributed by atoms with Crippen molar-refractivity contribution >= 4 is 22.8 Å². The molecule has 3 heterocycles. The van der Waals surface area contributed by atoms with Crippen LogP contribution in [-0.4, -0.2) is 53.7 Å². The van der Waals surface area contributed by atoms with Gasteiger partial charge in [0.2, 0.25) is 5.91 Å². The van der Waals surface area contributed by atoms with E-state index < -0.39 is 0 Å². The predicted molar refractivity (Wildman–Crippen MR) is 96.1 cm³/mol. The van der Waals surface area contributed by atoms with Crippen LogP contribution in [0.2, 0.25) is 0 Å². The SMILES string of the molecule is CN(CC1Cc2ccccc2O1)C(=O)CC1=CSC2=NCCCN12. The Morgan fingerprint density at radius 1 is 1.46 bits per heavy atom. The van der Waals surface area contributed by atoms with Gasteiger partial charge in [-0.1, -0.05) is 30.0 Å². The van der Waals surface area contributed by atoms with Gasteiger partial charge >= 0.3 is 0 Å². The van der Waals surface area contributed by atoms with Crippen LogP contribution >= 0.6 is 11.8 Å². The van der Waals surface area contributed by atoms with Crippen molar-refractivity contribution in [2.45, 2.75) is 25.4 Å². The quantitative estimate of drug-likeness (QED) is 0.843. The molecule has 1 amide bonds. The minimum Gasteiger partial charge on any atom is -0.488 e.